The van der Waals surface area contributed by atoms with Crippen LogP contribution in [0.2, 0.25) is 0 Å². The molecular weight excluding hydrogens is 327 g/mol. The Balaban J connectivity index is 1.93. The van der Waals surface area contributed by atoms with Gasteiger partial charge in [-0.1, -0.05) is 30.3 Å². The molecule has 0 spiro atoms. The van der Waals surface area contributed by atoms with Gasteiger partial charge in [0.25, 0.3) is 0 Å². The van der Waals surface area contributed by atoms with Crippen LogP contribution in [0, 0.1) is 11.7 Å². The zero-order valence-corrected chi connectivity index (χ0v) is 14.2. The molecule has 2 aromatic rings. The van der Waals surface area contributed by atoms with Crippen LogP contribution in [0.3, 0.4) is 0 Å². The van der Waals surface area contributed by atoms with Gasteiger partial charge in [-0.15, -0.1) is 11.8 Å². The van der Waals surface area contributed by atoms with E-state index in [9.17, 15) is 14.0 Å². The van der Waals surface area contributed by atoms with Gasteiger partial charge >= 0.3 is 5.97 Å². The molecule has 0 saturated carbocycles. The van der Waals surface area contributed by atoms with E-state index in [4.69, 9.17) is 4.74 Å². The second-order valence-electron chi connectivity index (χ2n) is 5.40. The van der Waals surface area contributed by atoms with E-state index in [1.807, 2.05) is 30.3 Å². The molecule has 0 saturated heterocycles. The third kappa shape index (κ3) is 5.81. The highest BCUT2D eigenvalue weighted by atomic mass is 32.2. The first-order valence-electron chi connectivity index (χ1n) is 7.60. The average Bonchev–Trinajstić information content (AvgIpc) is 2.61. The van der Waals surface area contributed by atoms with E-state index in [1.165, 1.54) is 31.0 Å². The van der Waals surface area contributed by atoms with Crippen molar-refractivity contribution in [1.29, 1.82) is 0 Å². The van der Waals surface area contributed by atoms with Gasteiger partial charge in [0.05, 0.1) is 18.8 Å². The standard InChI is InChI=1S/C19H19FO3S/c1-23-19(22)15(11-14-7-9-16(20)10-8-14)12-17(21)13-24-18-5-3-2-4-6-18/h2-10,15H,11-13H2,1H3. The molecule has 0 amide bonds. The summed E-state index contributed by atoms with van der Waals surface area (Å²) in [6, 6.07) is 15.6. The topological polar surface area (TPSA) is 43.4 Å². The number of hydrogen-bond acceptors (Lipinski definition) is 4. The normalized spacial score (nSPS) is 11.8. The summed E-state index contributed by atoms with van der Waals surface area (Å²) in [5, 5.41) is 0. The van der Waals surface area contributed by atoms with Crippen molar-refractivity contribution in [2.75, 3.05) is 12.9 Å². The summed E-state index contributed by atoms with van der Waals surface area (Å²) < 4.78 is 17.8. The Labute approximate surface area is 145 Å². The molecule has 0 fully saturated rings. The summed E-state index contributed by atoms with van der Waals surface area (Å²) in [5.41, 5.74) is 0.801. The van der Waals surface area contributed by atoms with Crippen molar-refractivity contribution in [3.8, 4) is 0 Å². The summed E-state index contributed by atoms with van der Waals surface area (Å²) in [6.45, 7) is 0. The molecule has 0 bridgehead atoms. The molecule has 2 aromatic carbocycles. The van der Waals surface area contributed by atoms with Gasteiger partial charge in [-0.2, -0.15) is 0 Å². The predicted molar refractivity (Wildman–Crippen MR) is 92.4 cm³/mol. The zero-order valence-electron chi connectivity index (χ0n) is 13.4. The lowest BCUT2D eigenvalue weighted by Crippen LogP contribution is -2.23. The molecule has 0 aliphatic rings. The fourth-order valence-electron chi connectivity index (χ4n) is 2.32. The lowest BCUT2D eigenvalue weighted by molar-refractivity contribution is -0.146. The van der Waals surface area contributed by atoms with Crippen LogP contribution >= 0.6 is 11.8 Å². The van der Waals surface area contributed by atoms with Crippen molar-refractivity contribution in [3.63, 3.8) is 0 Å². The lowest BCUT2D eigenvalue weighted by Gasteiger charge is -2.14. The molecule has 1 unspecified atom stereocenters. The minimum absolute atomic E-state index is 0.0126. The van der Waals surface area contributed by atoms with E-state index in [2.05, 4.69) is 0 Å². The average molecular weight is 346 g/mol. The van der Waals surface area contributed by atoms with Crippen molar-refractivity contribution in [1.82, 2.24) is 0 Å². The van der Waals surface area contributed by atoms with E-state index < -0.39 is 11.9 Å². The molecule has 126 valence electrons. The first kappa shape index (κ1) is 18.2. The van der Waals surface area contributed by atoms with E-state index >= 15 is 0 Å². The predicted octanol–water partition coefficient (Wildman–Crippen LogP) is 3.91. The Morgan fingerprint density at radius 2 is 1.75 bits per heavy atom. The summed E-state index contributed by atoms with van der Waals surface area (Å²) in [6.07, 6.45) is 0.471. The van der Waals surface area contributed by atoms with Gasteiger partial charge in [-0.05, 0) is 36.2 Å². The number of halogens is 1. The van der Waals surface area contributed by atoms with Crippen molar-refractivity contribution < 1.29 is 18.7 Å². The van der Waals surface area contributed by atoms with Crippen molar-refractivity contribution in [2.45, 2.75) is 17.7 Å². The highest BCUT2D eigenvalue weighted by molar-refractivity contribution is 8.00. The first-order chi connectivity index (χ1) is 11.6. The van der Waals surface area contributed by atoms with E-state index in [1.54, 1.807) is 12.1 Å². The summed E-state index contributed by atoms with van der Waals surface area (Å²) in [7, 11) is 1.31. The Morgan fingerprint density at radius 3 is 2.38 bits per heavy atom. The van der Waals surface area contributed by atoms with Crippen LogP contribution in [0.25, 0.3) is 0 Å². The number of rotatable bonds is 8. The number of benzene rings is 2. The smallest absolute Gasteiger partial charge is 0.309 e. The summed E-state index contributed by atoms with van der Waals surface area (Å²) in [4.78, 5) is 25.2. The van der Waals surface area contributed by atoms with Crippen molar-refractivity contribution in [2.24, 2.45) is 5.92 Å². The first-order valence-corrected chi connectivity index (χ1v) is 8.59. The maximum Gasteiger partial charge on any atom is 0.309 e. The van der Waals surface area contributed by atoms with Crippen LogP contribution in [0.15, 0.2) is 59.5 Å². The van der Waals surface area contributed by atoms with Crippen molar-refractivity contribution in [3.05, 3.63) is 66.0 Å². The molecule has 0 aliphatic carbocycles. The Bertz CT molecular complexity index is 671. The lowest BCUT2D eigenvalue weighted by atomic mass is 9.94. The number of carbonyl (C=O) groups is 2. The number of carbonyl (C=O) groups excluding carboxylic acids is 2. The fraction of sp³-hybridized carbons (Fsp3) is 0.263. The number of thioether (sulfide) groups is 1. The largest absolute Gasteiger partial charge is 0.469 e. The third-order valence-electron chi connectivity index (χ3n) is 3.55. The van der Waals surface area contributed by atoms with E-state index in [0.717, 1.165) is 10.5 Å². The molecule has 1 atom stereocenters. The van der Waals surface area contributed by atoms with E-state index in [-0.39, 0.29) is 18.0 Å². The van der Waals surface area contributed by atoms with Gasteiger partial charge in [-0.25, -0.2) is 4.39 Å². The maximum atomic E-state index is 13.0. The summed E-state index contributed by atoms with van der Waals surface area (Å²) >= 11 is 1.45. The molecule has 5 heteroatoms. The quantitative estimate of drug-likeness (QED) is 0.537. The van der Waals surface area contributed by atoms with Gasteiger partial charge in [0.15, 0.2) is 0 Å². The molecule has 0 radical (unpaired) electrons. The highest BCUT2D eigenvalue weighted by Crippen LogP contribution is 2.20. The van der Waals surface area contributed by atoms with Gasteiger partial charge in [0, 0.05) is 11.3 Å². The van der Waals surface area contributed by atoms with Gasteiger partial charge < -0.3 is 4.74 Å². The van der Waals surface area contributed by atoms with Crippen LogP contribution in [0.5, 0.6) is 0 Å². The van der Waals surface area contributed by atoms with Gasteiger partial charge in [-0.3, -0.25) is 9.59 Å². The number of hydrogen-bond donors (Lipinski definition) is 0. The number of ketones is 1. The molecule has 0 N–H and O–H groups in total. The Hall–Kier alpha value is -2.14. The van der Waals surface area contributed by atoms with Gasteiger partial charge in [0.1, 0.15) is 11.6 Å². The highest BCUT2D eigenvalue weighted by Gasteiger charge is 2.23. The third-order valence-corrected chi connectivity index (χ3v) is 4.62. The Morgan fingerprint density at radius 1 is 1.08 bits per heavy atom. The van der Waals surface area contributed by atoms with Crippen LogP contribution in [0.4, 0.5) is 4.39 Å². The van der Waals surface area contributed by atoms with E-state index in [0.29, 0.717) is 12.2 Å². The number of ether oxygens (including phenoxy) is 1. The van der Waals surface area contributed by atoms with Crippen LogP contribution in [-0.2, 0) is 20.7 Å². The minimum atomic E-state index is -0.552. The number of Topliss-reactive ketones (excluding diaryl/α,β-unsaturated/α-hetero) is 1. The molecule has 0 aromatic heterocycles. The number of methoxy groups -OCH3 is 1. The molecular formula is C19H19FO3S. The molecule has 3 nitrogen and oxygen atoms in total. The van der Waals surface area contributed by atoms with Crippen LogP contribution < -0.4 is 0 Å². The van der Waals surface area contributed by atoms with Crippen LogP contribution in [0.1, 0.15) is 12.0 Å². The SMILES string of the molecule is COC(=O)C(CC(=O)CSc1ccccc1)Cc1ccc(F)cc1. The molecule has 0 aliphatic heterocycles. The van der Waals surface area contributed by atoms with Crippen LogP contribution in [-0.4, -0.2) is 24.6 Å². The zero-order chi connectivity index (χ0) is 17.4. The summed E-state index contributed by atoms with van der Waals surface area (Å²) in [5.74, 6) is -1.01. The molecule has 24 heavy (non-hydrogen) atoms. The second-order valence-corrected chi connectivity index (χ2v) is 6.44. The fourth-order valence-corrected chi connectivity index (χ4v) is 3.12. The number of esters is 1. The maximum absolute atomic E-state index is 13.0. The van der Waals surface area contributed by atoms with Gasteiger partial charge in [0.2, 0.25) is 0 Å². The van der Waals surface area contributed by atoms with Crippen molar-refractivity contribution >= 4 is 23.5 Å². The monoisotopic (exact) mass is 346 g/mol. The molecule has 0 heterocycles. The molecule has 2 rings (SSSR count). The minimum Gasteiger partial charge on any atom is -0.469 e. The second kappa shape index (κ2) is 9.23. The Kier molecular flexibility index (Phi) is 7.00.